The molecule has 5 heteroatoms. The third kappa shape index (κ3) is 6.57. The van der Waals surface area contributed by atoms with Crippen LogP contribution in [-0.4, -0.2) is 41.0 Å². The summed E-state index contributed by atoms with van der Waals surface area (Å²) in [5.74, 6) is 0. The number of carbonyl (C=O) groups excluding carboxylic acids is 1. The Morgan fingerprint density at radius 3 is 2.40 bits per heavy atom. The Morgan fingerprint density at radius 2 is 1.85 bits per heavy atom. The number of carbonyl (C=O) groups is 1. The molecule has 118 valence electrons. The number of ether oxygens (including phenoxy) is 1. The maximum absolute atomic E-state index is 11.7. The number of nitrogens with one attached hydrogen (secondary N) is 2. The van der Waals surface area contributed by atoms with Crippen LogP contribution in [-0.2, 0) is 4.74 Å². The first-order valence-corrected chi connectivity index (χ1v) is 7.56. The lowest BCUT2D eigenvalue weighted by molar-refractivity contribution is 0.0491. The van der Waals surface area contributed by atoms with Gasteiger partial charge in [0.25, 0.3) is 0 Å². The molecule has 3 atom stereocenters. The Hall–Kier alpha value is -0.810. The number of hydrogen-bond donors (Lipinski definition) is 3. The van der Waals surface area contributed by atoms with Crippen LogP contribution in [0.2, 0.25) is 0 Å². The third-order valence-corrected chi connectivity index (χ3v) is 3.69. The normalized spacial score (nSPS) is 26.1. The van der Waals surface area contributed by atoms with Crippen LogP contribution in [0.25, 0.3) is 0 Å². The number of hydrogen-bond acceptors (Lipinski definition) is 4. The highest BCUT2D eigenvalue weighted by molar-refractivity contribution is 5.68. The molecule has 5 nitrogen and oxygen atoms in total. The van der Waals surface area contributed by atoms with Gasteiger partial charge in [-0.2, -0.15) is 0 Å². The Bertz CT molecular complexity index is 324. The maximum atomic E-state index is 11.7. The fraction of sp³-hybridized carbons (Fsp3) is 0.933. The summed E-state index contributed by atoms with van der Waals surface area (Å²) in [7, 11) is 0. The molecule has 1 saturated carbocycles. The van der Waals surface area contributed by atoms with Gasteiger partial charge in [0.05, 0.1) is 5.60 Å². The number of aliphatic hydroxyl groups is 1. The Labute approximate surface area is 122 Å². The van der Waals surface area contributed by atoms with Crippen molar-refractivity contribution in [1.29, 1.82) is 0 Å². The highest BCUT2D eigenvalue weighted by Crippen LogP contribution is 2.20. The first kappa shape index (κ1) is 17.2. The molecule has 20 heavy (non-hydrogen) atoms. The van der Waals surface area contributed by atoms with Crippen molar-refractivity contribution in [3.8, 4) is 0 Å². The zero-order valence-electron chi connectivity index (χ0n) is 13.5. The van der Waals surface area contributed by atoms with Gasteiger partial charge in [-0.15, -0.1) is 0 Å². The summed E-state index contributed by atoms with van der Waals surface area (Å²) in [5, 5.41) is 16.3. The predicted molar refractivity (Wildman–Crippen MR) is 79.7 cm³/mol. The summed E-state index contributed by atoms with van der Waals surface area (Å²) in [4.78, 5) is 11.7. The lowest BCUT2D eigenvalue weighted by Gasteiger charge is -2.24. The molecule has 0 aromatic rings. The SMILES string of the molecule is CCC(C)(O)CNC1CCC(NC(=O)OC(C)(C)C)C1. The minimum atomic E-state index is -0.656. The van der Waals surface area contributed by atoms with E-state index in [-0.39, 0.29) is 12.1 Å². The van der Waals surface area contributed by atoms with Crippen LogP contribution in [0.4, 0.5) is 4.79 Å². The average Bonchev–Trinajstić information content (AvgIpc) is 2.71. The summed E-state index contributed by atoms with van der Waals surface area (Å²) in [5.41, 5.74) is -1.11. The smallest absolute Gasteiger partial charge is 0.407 e. The molecule has 0 saturated heterocycles. The highest BCUT2D eigenvalue weighted by Gasteiger charge is 2.28. The molecule has 1 rings (SSSR count). The third-order valence-electron chi connectivity index (χ3n) is 3.69. The molecule has 0 radical (unpaired) electrons. The van der Waals surface area contributed by atoms with Crippen molar-refractivity contribution >= 4 is 6.09 Å². The number of rotatable bonds is 5. The van der Waals surface area contributed by atoms with Gasteiger partial charge in [0, 0.05) is 18.6 Å². The first-order chi connectivity index (χ1) is 9.11. The van der Waals surface area contributed by atoms with Crippen LogP contribution >= 0.6 is 0 Å². The zero-order valence-corrected chi connectivity index (χ0v) is 13.5. The molecule has 1 aliphatic carbocycles. The van der Waals surface area contributed by atoms with Crippen molar-refractivity contribution in [1.82, 2.24) is 10.6 Å². The second-order valence-corrected chi connectivity index (χ2v) is 7.08. The van der Waals surface area contributed by atoms with E-state index in [4.69, 9.17) is 4.74 Å². The molecule has 3 N–H and O–H groups in total. The molecular formula is C15H30N2O3. The predicted octanol–water partition coefficient (Wildman–Crippen LogP) is 2.18. The Kier molecular flexibility index (Phi) is 5.83. The van der Waals surface area contributed by atoms with Crippen molar-refractivity contribution in [2.45, 2.75) is 83.6 Å². The largest absolute Gasteiger partial charge is 0.444 e. The lowest BCUT2D eigenvalue weighted by Crippen LogP contribution is -2.42. The quantitative estimate of drug-likeness (QED) is 0.724. The van der Waals surface area contributed by atoms with E-state index in [2.05, 4.69) is 10.6 Å². The van der Waals surface area contributed by atoms with Crippen LogP contribution in [0, 0.1) is 0 Å². The van der Waals surface area contributed by atoms with E-state index in [1.54, 1.807) is 0 Å². The van der Waals surface area contributed by atoms with Gasteiger partial charge in [-0.3, -0.25) is 0 Å². The average molecular weight is 286 g/mol. The van der Waals surface area contributed by atoms with Crippen LogP contribution in [0.1, 0.15) is 60.3 Å². The van der Waals surface area contributed by atoms with E-state index in [0.717, 1.165) is 25.7 Å². The zero-order chi connectivity index (χ0) is 15.4. The Balaban J connectivity index is 2.28. The fourth-order valence-electron chi connectivity index (χ4n) is 2.26. The van der Waals surface area contributed by atoms with Crippen LogP contribution in [0.5, 0.6) is 0 Å². The van der Waals surface area contributed by atoms with Crippen LogP contribution < -0.4 is 10.6 Å². The summed E-state index contributed by atoms with van der Waals surface area (Å²) >= 11 is 0. The van der Waals surface area contributed by atoms with E-state index < -0.39 is 11.2 Å². The standard InChI is InChI=1S/C15H30N2O3/c1-6-15(5,19)10-16-11-7-8-12(9-11)17-13(18)20-14(2,3)4/h11-12,16,19H,6-10H2,1-5H3,(H,17,18). The molecule has 1 fully saturated rings. The lowest BCUT2D eigenvalue weighted by atomic mass is 10.0. The molecule has 0 aromatic carbocycles. The number of amides is 1. The van der Waals surface area contributed by atoms with Crippen molar-refractivity contribution in [3.63, 3.8) is 0 Å². The topological polar surface area (TPSA) is 70.6 Å². The minimum Gasteiger partial charge on any atom is -0.444 e. The van der Waals surface area contributed by atoms with Gasteiger partial charge in [-0.1, -0.05) is 6.92 Å². The maximum Gasteiger partial charge on any atom is 0.407 e. The van der Waals surface area contributed by atoms with E-state index in [9.17, 15) is 9.90 Å². The fourth-order valence-corrected chi connectivity index (χ4v) is 2.26. The molecule has 0 bridgehead atoms. The molecule has 0 aliphatic heterocycles. The van der Waals surface area contributed by atoms with Gasteiger partial charge >= 0.3 is 6.09 Å². The molecule has 1 amide bonds. The Morgan fingerprint density at radius 1 is 1.25 bits per heavy atom. The van der Waals surface area contributed by atoms with Crippen molar-refractivity contribution < 1.29 is 14.6 Å². The summed E-state index contributed by atoms with van der Waals surface area (Å²) in [6.07, 6.45) is 3.24. The van der Waals surface area contributed by atoms with Gasteiger partial charge in [0.1, 0.15) is 5.60 Å². The van der Waals surface area contributed by atoms with Crippen LogP contribution in [0.15, 0.2) is 0 Å². The van der Waals surface area contributed by atoms with E-state index in [1.807, 2.05) is 34.6 Å². The van der Waals surface area contributed by atoms with Gasteiger partial charge < -0.3 is 20.5 Å². The molecule has 1 aliphatic rings. The molecule has 0 spiro atoms. The summed E-state index contributed by atoms with van der Waals surface area (Å²) in [6.45, 7) is 9.98. The van der Waals surface area contributed by atoms with Crippen molar-refractivity contribution in [3.05, 3.63) is 0 Å². The van der Waals surface area contributed by atoms with Crippen molar-refractivity contribution in [2.24, 2.45) is 0 Å². The van der Waals surface area contributed by atoms with Gasteiger partial charge in [0.2, 0.25) is 0 Å². The molecule has 0 heterocycles. The van der Waals surface area contributed by atoms with E-state index in [1.165, 1.54) is 0 Å². The first-order valence-electron chi connectivity index (χ1n) is 7.56. The van der Waals surface area contributed by atoms with Gasteiger partial charge in [-0.25, -0.2) is 4.79 Å². The van der Waals surface area contributed by atoms with Gasteiger partial charge in [0.15, 0.2) is 0 Å². The van der Waals surface area contributed by atoms with Crippen molar-refractivity contribution in [2.75, 3.05) is 6.54 Å². The van der Waals surface area contributed by atoms with E-state index >= 15 is 0 Å². The monoisotopic (exact) mass is 286 g/mol. The second-order valence-electron chi connectivity index (χ2n) is 7.08. The van der Waals surface area contributed by atoms with Crippen LogP contribution in [0.3, 0.4) is 0 Å². The second kappa shape index (κ2) is 6.76. The summed E-state index contributed by atoms with van der Waals surface area (Å²) in [6, 6.07) is 0.516. The molecule has 0 aromatic heterocycles. The molecule has 3 unspecified atom stereocenters. The molecular weight excluding hydrogens is 256 g/mol. The highest BCUT2D eigenvalue weighted by atomic mass is 16.6. The summed E-state index contributed by atoms with van der Waals surface area (Å²) < 4.78 is 5.26. The number of alkyl carbamates (subject to hydrolysis) is 1. The van der Waals surface area contributed by atoms with E-state index in [0.29, 0.717) is 12.6 Å². The minimum absolute atomic E-state index is 0.161. The van der Waals surface area contributed by atoms with Gasteiger partial charge in [-0.05, 0) is 53.4 Å².